The Kier molecular flexibility index (Phi) is 4.60. The maximum Gasteiger partial charge on any atom is 0.323 e. The van der Waals surface area contributed by atoms with E-state index in [1.165, 1.54) is 12.1 Å². The zero-order valence-corrected chi connectivity index (χ0v) is 13.2. The molecular formula is C17H21FN4O. The Labute approximate surface area is 135 Å². The van der Waals surface area contributed by atoms with E-state index in [0.29, 0.717) is 12.4 Å². The highest BCUT2D eigenvalue weighted by Gasteiger charge is 2.27. The van der Waals surface area contributed by atoms with E-state index in [1.807, 2.05) is 11.0 Å². The van der Waals surface area contributed by atoms with Crippen molar-refractivity contribution >= 4 is 11.8 Å². The van der Waals surface area contributed by atoms with Crippen LogP contribution in [0.3, 0.4) is 0 Å². The van der Waals surface area contributed by atoms with Gasteiger partial charge in [-0.1, -0.05) is 25.0 Å². The second kappa shape index (κ2) is 6.81. The largest absolute Gasteiger partial charge is 0.323 e. The number of carbonyl (C=O) groups excluding carboxylic acids is 1. The molecule has 1 aliphatic rings. The Morgan fingerprint density at radius 1 is 1.30 bits per heavy atom. The van der Waals surface area contributed by atoms with Gasteiger partial charge in [-0.05, 0) is 30.5 Å². The Morgan fingerprint density at radius 3 is 2.91 bits per heavy atom. The molecular weight excluding hydrogens is 295 g/mol. The smallest absolute Gasteiger partial charge is 0.317 e. The molecule has 2 heterocycles. The molecule has 0 radical (unpaired) electrons. The number of benzene rings is 1. The number of hydrogen-bond donors (Lipinski definition) is 1. The molecule has 0 spiro atoms. The normalized spacial score (nSPS) is 18.5. The van der Waals surface area contributed by atoms with Gasteiger partial charge >= 0.3 is 6.03 Å². The lowest BCUT2D eigenvalue weighted by atomic mass is 10.0. The van der Waals surface area contributed by atoms with E-state index in [4.69, 9.17) is 0 Å². The summed E-state index contributed by atoms with van der Waals surface area (Å²) < 4.78 is 15.2. The second-order valence-corrected chi connectivity index (χ2v) is 5.88. The molecule has 1 fully saturated rings. The summed E-state index contributed by atoms with van der Waals surface area (Å²) in [6, 6.07) is 8.05. The molecule has 1 aliphatic heterocycles. The third-order valence-corrected chi connectivity index (χ3v) is 4.30. The van der Waals surface area contributed by atoms with E-state index >= 15 is 0 Å². The molecule has 0 aliphatic carbocycles. The SMILES string of the molecule is Cn1nccc1NC(=O)N1CCCCC[C@H]1c1cccc(F)c1. The zero-order chi connectivity index (χ0) is 16.2. The molecule has 23 heavy (non-hydrogen) atoms. The molecule has 1 aromatic carbocycles. The topological polar surface area (TPSA) is 50.2 Å². The van der Waals surface area contributed by atoms with E-state index in [1.54, 1.807) is 30.1 Å². The monoisotopic (exact) mass is 316 g/mol. The summed E-state index contributed by atoms with van der Waals surface area (Å²) in [5, 5.41) is 6.95. The van der Waals surface area contributed by atoms with Gasteiger partial charge in [0.25, 0.3) is 0 Å². The van der Waals surface area contributed by atoms with Gasteiger partial charge in [0.15, 0.2) is 0 Å². The van der Waals surface area contributed by atoms with Crippen LogP contribution in [0.5, 0.6) is 0 Å². The van der Waals surface area contributed by atoms with Crippen molar-refractivity contribution in [1.82, 2.24) is 14.7 Å². The molecule has 1 aromatic heterocycles. The van der Waals surface area contributed by atoms with Crippen LogP contribution in [0.2, 0.25) is 0 Å². The van der Waals surface area contributed by atoms with Crippen molar-refractivity contribution in [3.05, 3.63) is 47.9 Å². The predicted molar refractivity (Wildman–Crippen MR) is 86.5 cm³/mol. The molecule has 2 aromatic rings. The summed E-state index contributed by atoms with van der Waals surface area (Å²) in [7, 11) is 1.78. The number of amides is 2. The maximum absolute atomic E-state index is 13.6. The van der Waals surface area contributed by atoms with Crippen LogP contribution in [0.15, 0.2) is 36.5 Å². The number of nitrogens with zero attached hydrogens (tertiary/aromatic N) is 3. The number of aromatic nitrogens is 2. The van der Waals surface area contributed by atoms with Crippen molar-refractivity contribution in [2.75, 3.05) is 11.9 Å². The molecule has 0 unspecified atom stereocenters. The minimum absolute atomic E-state index is 0.0959. The van der Waals surface area contributed by atoms with E-state index < -0.39 is 0 Å². The number of urea groups is 1. The molecule has 0 bridgehead atoms. The molecule has 2 amide bonds. The fourth-order valence-electron chi connectivity index (χ4n) is 3.09. The van der Waals surface area contributed by atoms with Crippen LogP contribution in [-0.2, 0) is 7.05 Å². The van der Waals surface area contributed by atoms with Gasteiger partial charge in [-0.3, -0.25) is 10.00 Å². The van der Waals surface area contributed by atoms with Crippen LogP contribution in [0.25, 0.3) is 0 Å². The second-order valence-electron chi connectivity index (χ2n) is 5.88. The Morgan fingerprint density at radius 2 is 2.17 bits per heavy atom. The summed E-state index contributed by atoms with van der Waals surface area (Å²) in [4.78, 5) is 14.5. The fourth-order valence-corrected chi connectivity index (χ4v) is 3.09. The summed E-state index contributed by atoms with van der Waals surface area (Å²) in [6.45, 7) is 0.671. The lowest BCUT2D eigenvalue weighted by Crippen LogP contribution is -2.38. The van der Waals surface area contributed by atoms with E-state index in [0.717, 1.165) is 31.2 Å². The quantitative estimate of drug-likeness (QED) is 0.918. The highest BCUT2D eigenvalue weighted by Crippen LogP contribution is 2.31. The van der Waals surface area contributed by atoms with Gasteiger partial charge in [-0.25, -0.2) is 9.18 Å². The van der Waals surface area contributed by atoms with E-state index in [-0.39, 0.29) is 17.9 Å². The average molecular weight is 316 g/mol. The van der Waals surface area contributed by atoms with Crippen molar-refractivity contribution in [3.8, 4) is 0 Å². The molecule has 0 saturated carbocycles. The predicted octanol–water partition coefficient (Wildman–Crippen LogP) is 3.71. The van der Waals surface area contributed by atoms with Gasteiger partial charge in [0, 0.05) is 19.7 Å². The van der Waals surface area contributed by atoms with Crippen LogP contribution in [-0.4, -0.2) is 27.3 Å². The zero-order valence-electron chi connectivity index (χ0n) is 13.2. The van der Waals surface area contributed by atoms with Crippen molar-refractivity contribution in [3.63, 3.8) is 0 Å². The molecule has 6 heteroatoms. The molecule has 1 saturated heterocycles. The average Bonchev–Trinajstić information content (AvgIpc) is 2.80. The first-order chi connectivity index (χ1) is 11.1. The number of likely N-dealkylation sites (tertiary alicyclic amines) is 1. The third kappa shape index (κ3) is 3.52. The number of halogens is 1. The molecule has 3 rings (SSSR count). The van der Waals surface area contributed by atoms with Crippen LogP contribution in [0.1, 0.15) is 37.3 Å². The molecule has 5 nitrogen and oxygen atoms in total. The molecule has 122 valence electrons. The molecule has 1 atom stereocenters. The first-order valence-corrected chi connectivity index (χ1v) is 7.96. The Bertz CT molecular complexity index is 685. The lowest BCUT2D eigenvalue weighted by Gasteiger charge is -2.30. The van der Waals surface area contributed by atoms with Crippen LogP contribution in [0.4, 0.5) is 15.0 Å². The molecule has 1 N–H and O–H groups in total. The van der Waals surface area contributed by atoms with Gasteiger partial charge in [0.1, 0.15) is 11.6 Å². The maximum atomic E-state index is 13.6. The minimum atomic E-state index is -0.265. The summed E-state index contributed by atoms with van der Waals surface area (Å²) in [6.07, 6.45) is 5.58. The van der Waals surface area contributed by atoms with Crippen molar-refractivity contribution in [2.45, 2.75) is 31.7 Å². The summed E-state index contributed by atoms with van der Waals surface area (Å²) in [5.74, 6) is 0.385. The third-order valence-electron chi connectivity index (χ3n) is 4.30. The number of carbonyl (C=O) groups is 1. The number of nitrogens with one attached hydrogen (secondary N) is 1. The summed E-state index contributed by atoms with van der Waals surface area (Å²) >= 11 is 0. The van der Waals surface area contributed by atoms with Gasteiger partial charge in [0.05, 0.1) is 12.2 Å². The van der Waals surface area contributed by atoms with Crippen molar-refractivity contribution < 1.29 is 9.18 Å². The Hall–Kier alpha value is -2.37. The standard InChI is InChI=1S/C17H21FN4O/c1-21-16(9-10-19-21)20-17(23)22-11-4-2-3-8-15(22)13-6-5-7-14(18)12-13/h5-7,9-10,12,15H,2-4,8,11H2,1H3,(H,20,23)/t15-/m0/s1. The van der Waals surface area contributed by atoms with Gasteiger partial charge in [0.2, 0.25) is 0 Å². The van der Waals surface area contributed by atoms with Crippen LogP contribution >= 0.6 is 0 Å². The van der Waals surface area contributed by atoms with Gasteiger partial charge in [-0.15, -0.1) is 0 Å². The number of rotatable bonds is 2. The fraction of sp³-hybridized carbons (Fsp3) is 0.412. The number of aryl methyl sites for hydroxylation is 1. The highest BCUT2D eigenvalue weighted by molar-refractivity contribution is 5.88. The number of hydrogen-bond acceptors (Lipinski definition) is 2. The number of anilines is 1. The van der Waals surface area contributed by atoms with Gasteiger partial charge < -0.3 is 4.90 Å². The van der Waals surface area contributed by atoms with Gasteiger partial charge in [-0.2, -0.15) is 5.10 Å². The first-order valence-electron chi connectivity index (χ1n) is 7.96. The van der Waals surface area contributed by atoms with E-state index in [2.05, 4.69) is 10.4 Å². The minimum Gasteiger partial charge on any atom is -0.317 e. The highest BCUT2D eigenvalue weighted by atomic mass is 19.1. The Balaban J connectivity index is 1.83. The first kappa shape index (κ1) is 15.5. The van der Waals surface area contributed by atoms with Crippen LogP contribution in [0, 0.1) is 5.82 Å². The summed E-state index contributed by atoms with van der Waals surface area (Å²) in [5.41, 5.74) is 0.854. The van der Waals surface area contributed by atoms with E-state index in [9.17, 15) is 9.18 Å². The van der Waals surface area contributed by atoms with Crippen molar-refractivity contribution in [2.24, 2.45) is 7.05 Å². The van der Waals surface area contributed by atoms with Crippen molar-refractivity contribution in [1.29, 1.82) is 0 Å². The lowest BCUT2D eigenvalue weighted by molar-refractivity contribution is 0.189. The van der Waals surface area contributed by atoms with Crippen LogP contribution < -0.4 is 5.32 Å².